The number of likely N-dealkylation sites (tertiary alicyclic amines) is 1. The summed E-state index contributed by atoms with van der Waals surface area (Å²) in [5, 5.41) is 3.54. The van der Waals surface area contributed by atoms with Gasteiger partial charge in [0.1, 0.15) is 0 Å². The number of nitrogens with zero attached hydrogens (tertiary/aromatic N) is 1. The van der Waals surface area contributed by atoms with E-state index in [1.54, 1.807) is 5.56 Å². The molecule has 1 N–H and O–H groups in total. The quantitative estimate of drug-likeness (QED) is 0.909. The van der Waals surface area contributed by atoms with Gasteiger partial charge in [0, 0.05) is 13.1 Å². The summed E-state index contributed by atoms with van der Waals surface area (Å²) in [5.41, 5.74) is 4.45. The van der Waals surface area contributed by atoms with Crippen LogP contribution >= 0.6 is 0 Å². The maximum atomic E-state index is 3.54. The molecule has 2 nitrogen and oxygen atoms in total. The lowest BCUT2D eigenvalue weighted by Crippen LogP contribution is -2.37. The topological polar surface area (TPSA) is 15.3 Å². The van der Waals surface area contributed by atoms with Crippen molar-refractivity contribution in [2.75, 3.05) is 32.7 Å². The van der Waals surface area contributed by atoms with Crippen molar-refractivity contribution in [3.8, 4) is 0 Å². The van der Waals surface area contributed by atoms with Crippen molar-refractivity contribution in [3.05, 3.63) is 34.9 Å². The van der Waals surface area contributed by atoms with Crippen molar-refractivity contribution in [3.63, 3.8) is 0 Å². The molecule has 3 rings (SSSR count). The molecule has 0 saturated carbocycles. The molecule has 0 aromatic heterocycles. The minimum Gasteiger partial charge on any atom is -0.316 e. The molecule has 1 aromatic rings. The Kier molecular flexibility index (Phi) is 4.42. The highest BCUT2D eigenvalue weighted by Gasteiger charge is 2.27. The smallest absolute Gasteiger partial charge is 0.00510 e. The van der Waals surface area contributed by atoms with E-state index in [1.165, 1.54) is 63.1 Å². The number of benzene rings is 1. The van der Waals surface area contributed by atoms with Crippen molar-refractivity contribution in [1.29, 1.82) is 0 Å². The third-order valence-corrected chi connectivity index (χ3v) is 5.05. The van der Waals surface area contributed by atoms with E-state index in [0.29, 0.717) is 0 Å². The largest absolute Gasteiger partial charge is 0.316 e. The SMILES string of the molecule is Cc1ccc(C2CCN(CC3CCCNC3)C2)c(C)c1. The second-order valence-electron chi connectivity index (χ2n) is 6.82. The lowest BCUT2D eigenvalue weighted by Gasteiger charge is -2.27. The van der Waals surface area contributed by atoms with Crippen molar-refractivity contribution >= 4 is 0 Å². The first-order valence-corrected chi connectivity index (χ1v) is 8.22. The molecule has 2 aliphatic rings. The number of piperidine rings is 1. The van der Waals surface area contributed by atoms with E-state index in [4.69, 9.17) is 0 Å². The Morgan fingerprint density at radius 1 is 1.25 bits per heavy atom. The summed E-state index contributed by atoms with van der Waals surface area (Å²) in [5.74, 6) is 1.63. The summed E-state index contributed by atoms with van der Waals surface area (Å²) in [7, 11) is 0. The Bertz CT molecular complexity index is 449. The summed E-state index contributed by atoms with van der Waals surface area (Å²) < 4.78 is 0. The van der Waals surface area contributed by atoms with Crippen LogP contribution in [-0.2, 0) is 0 Å². The van der Waals surface area contributed by atoms with Crippen LogP contribution in [0.15, 0.2) is 18.2 Å². The molecule has 0 amide bonds. The molecule has 2 saturated heterocycles. The van der Waals surface area contributed by atoms with E-state index < -0.39 is 0 Å². The summed E-state index contributed by atoms with van der Waals surface area (Å²) in [6.45, 7) is 10.8. The Morgan fingerprint density at radius 3 is 2.90 bits per heavy atom. The van der Waals surface area contributed by atoms with Crippen molar-refractivity contribution in [2.24, 2.45) is 5.92 Å². The summed E-state index contributed by atoms with van der Waals surface area (Å²) in [4.78, 5) is 2.70. The van der Waals surface area contributed by atoms with Crippen LogP contribution < -0.4 is 5.32 Å². The Hall–Kier alpha value is -0.860. The molecular formula is C18H28N2. The van der Waals surface area contributed by atoms with E-state index in [0.717, 1.165) is 11.8 Å². The van der Waals surface area contributed by atoms with E-state index in [2.05, 4.69) is 42.3 Å². The van der Waals surface area contributed by atoms with Crippen LogP contribution in [0, 0.1) is 19.8 Å². The van der Waals surface area contributed by atoms with Gasteiger partial charge in [-0.05, 0) is 75.7 Å². The summed E-state index contributed by atoms with van der Waals surface area (Å²) >= 11 is 0. The first-order valence-electron chi connectivity index (χ1n) is 8.22. The lowest BCUT2D eigenvalue weighted by molar-refractivity contribution is 0.242. The second kappa shape index (κ2) is 6.28. The van der Waals surface area contributed by atoms with Crippen LogP contribution in [0.3, 0.4) is 0 Å². The minimum absolute atomic E-state index is 0.757. The van der Waals surface area contributed by atoms with Crippen LogP contribution in [0.25, 0.3) is 0 Å². The molecule has 0 bridgehead atoms. The Labute approximate surface area is 123 Å². The van der Waals surface area contributed by atoms with Gasteiger partial charge in [-0.2, -0.15) is 0 Å². The molecule has 110 valence electrons. The predicted octanol–water partition coefficient (Wildman–Crippen LogP) is 3.09. The average molecular weight is 272 g/mol. The highest BCUT2D eigenvalue weighted by atomic mass is 15.1. The fourth-order valence-electron chi connectivity index (χ4n) is 3.98. The van der Waals surface area contributed by atoms with Gasteiger partial charge in [-0.15, -0.1) is 0 Å². The molecule has 2 fully saturated rings. The number of rotatable bonds is 3. The summed E-state index contributed by atoms with van der Waals surface area (Å²) in [6, 6.07) is 6.97. The van der Waals surface area contributed by atoms with E-state index >= 15 is 0 Å². The standard InChI is InChI=1S/C18H28N2/c1-14-5-6-18(15(2)10-14)17-7-9-20(13-17)12-16-4-3-8-19-11-16/h5-6,10,16-17,19H,3-4,7-9,11-13H2,1-2H3. The molecule has 2 unspecified atom stereocenters. The predicted molar refractivity (Wildman–Crippen MR) is 85.3 cm³/mol. The Balaban J connectivity index is 1.58. The zero-order valence-corrected chi connectivity index (χ0v) is 13.0. The molecule has 2 heteroatoms. The fourth-order valence-corrected chi connectivity index (χ4v) is 3.98. The monoisotopic (exact) mass is 272 g/mol. The van der Waals surface area contributed by atoms with Crippen molar-refractivity contribution < 1.29 is 0 Å². The van der Waals surface area contributed by atoms with Crippen molar-refractivity contribution in [2.45, 2.75) is 39.0 Å². The van der Waals surface area contributed by atoms with Gasteiger partial charge in [0.2, 0.25) is 0 Å². The molecule has 2 atom stereocenters. The molecule has 0 radical (unpaired) electrons. The van der Waals surface area contributed by atoms with Gasteiger partial charge in [-0.1, -0.05) is 23.8 Å². The first kappa shape index (κ1) is 14.1. The molecule has 1 aromatic carbocycles. The number of aryl methyl sites for hydroxylation is 2. The van der Waals surface area contributed by atoms with Gasteiger partial charge < -0.3 is 10.2 Å². The molecule has 2 heterocycles. The zero-order chi connectivity index (χ0) is 13.9. The van der Waals surface area contributed by atoms with Crippen LogP contribution in [0.2, 0.25) is 0 Å². The highest BCUT2D eigenvalue weighted by molar-refractivity contribution is 5.33. The van der Waals surface area contributed by atoms with Crippen LogP contribution in [0.1, 0.15) is 41.9 Å². The van der Waals surface area contributed by atoms with Gasteiger partial charge in [0.25, 0.3) is 0 Å². The molecular weight excluding hydrogens is 244 g/mol. The van der Waals surface area contributed by atoms with E-state index in [9.17, 15) is 0 Å². The fraction of sp³-hybridized carbons (Fsp3) is 0.667. The second-order valence-corrected chi connectivity index (χ2v) is 6.82. The number of nitrogens with one attached hydrogen (secondary N) is 1. The van der Waals surface area contributed by atoms with Crippen LogP contribution in [0.4, 0.5) is 0 Å². The third kappa shape index (κ3) is 3.24. The number of hydrogen-bond donors (Lipinski definition) is 1. The van der Waals surface area contributed by atoms with Gasteiger partial charge in [-0.25, -0.2) is 0 Å². The maximum absolute atomic E-state index is 3.54. The van der Waals surface area contributed by atoms with Crippen molar-refractivity contribution in [1.82, 2.24) is 10.2 Å². The van der Waals surface area contributed by atoms with Gasteiger partial charge in [0.15, 0.2) is 0 Å². The van der Waals surface area contributed by atoms with Gasteiger partial charge in [0.05, 0.1) is 0 Å². The number of hydrogen-bond acceptors (Lipinski definition) is 2. The molecule has 0 spiro atoms. The summed E-state index contributed by atoms with van der Waals surface area (Å²) in [6.07, 6.45) is 4.11. The average Bonchev–Trinajstić information content (AvgIpc) is 2.88. The van der Waals surface area contributed by atoms with E-state index in [-0.39, 0.29) is 0 Å². The maximum Gasteiger partial charge on any atom is 0.00510 e. The lowest BCUT2D eigenvalue weighted by atomic mass is 9.93. The molecule has 0 aliphatic carbocycles. The minimum atomic E-state index is 0.757. The van der Waals surface area contributed by atoms with Crippen LogP contribution in [-0.4, -0.2) is 37.6 Å². The van der Waals surface area contributed by atoms with Gasteiger partial charge >= 0.3 is 0 Å². The zero-order valence-electron chi connectivity index (χ0n) is 13.0. The van der Waals surface area contributed by atoms with Gasteiger partial charge in [-0.3, -0.25) is 0 Å². The third-order valence-electron chi connectivity index (χ3n) is 5.05. The van der Waals surface area contributed by atoms with E-state index in [1.807, 2.05) is 0 Å². The first-order chi connectivity index (χ1) is 9.72. The molecule has 20 heavy (non-hydrogen) atoms. The molecule has 2 aliphatic heterocycles. The van der Waals surface area contributed by atoms with Crippen LogP contribution in [0.5, 0.6) is 0 Å². The highest BCUT2D eigenvalue weighted by Crippen LogP contribution is 2.30. The normalized spacial score (nSPS) is 27.9. The Morgan fingerprint density at radius 2 is 2.15 bits per heavy atom.